The average molecular weight is 1380 g/mol. The summed E-state index contributed by atoms with van der Waals surface area (Å²) in [5, 5.41) is 10.6. The first-order valence-electron chi connectivity index (χ1n) is 38.9. The summed E-state index contributed by atoms with van der Waals surface area (Å²) in [4.78, 5) is 72.5. The zero-order chi connectivity index (χ0) is 69.4. The molecule has 0 aromatic heterocycles. The van der Waals surface area contributed by atoms with Crippen LogP contribution in [-0.4, -0.2) is 96.7 Å². The lowest BCUT2D eigenvalue weighted by Gasteiger charge is -2.21. The molecule has 0 bridgehead atoms. The van der Waals surface area contributed by atoms with Gasteiger partial charge in [-0.25, -0.2) is 9.13 Å². The van der Waals surface area contributed by atoms with Crippen molar-refractivity contribution in [2.45, 2.75) is 401 Å². The zero-order valence-electron chi connectivity index (χ0n) is 61.4. The number of ether oxygens (including phenoxy) is 4. The Labute approximate surface area is 575 Å². The average Bonchev–Trinajstić information content (AvgIpc) is 1.38. The summed E-state index contributed by atoms with van der Waals surface area (Å²) in [5.41, 5.74) is 0. The number of phosphoric acid groups is 2. The first-order valence-corrected chi connectivity index (χ1v) is 41.9. The summed E-state index contributed by atoms with van der Waals surface area (Å²) in [6.45, 7) is 11.9. The Morgan fingerprint density at radius 1 is 0.309 bits per heavy atom. The highest BCUT2D eigenvalue weighted by Gasteiger charge is 2.30. The molecule has 558 valence electrons. The third-order valence-electron chi connectivity index (χ3n) is 17.7. The molecule has 0 radical (unpaired) electrons. The maximum atomic E-state index is 13.1. The Kier molecular flexibility index (Phi) is 64.3. The van der Waals surface area contributed by atoms with Crippen LogP contribution in [0.3, 0.4) is 0 Å². The summed E-state index contributed by atoms with van der Waals surface area (Å²) in [6.07, 6.45) is 51.7. The van der Waals surface area contributed by atoms with E-state index in [1.165, 1.54) is 180 Å². The van der Waals surface area contributed by atoms with Crippen molar-refractivity contribution in [2.24, 2.45) is 17.8 Å². The number of esters is 4. The third kappa shape index (κ3) is 67.3. The highest BCUT2D eigenvalue weighted by atomic mass is 31.2. The van der Waals surface area contributed by atoms with E-state index in [4.69, 9.17) is 37.0 Å². The molecule has 0 spiro atoms. The second-order valence-corrected chi connectivity index (χ2v) is 31.1. The van der Waals surface area contributed by atoms with Crippen molar-refractivity contribution in [3.63, 3.8) is 0 Å². The second kappa shape index (κ2) is 65.7. The van der Waals surface area contributed by atoms with Gasteiger partial charge in [0.25, 0.3) is 0 Å². The highest BCUT2D eigenvalue weighted by Crippen LogP contribution is 2.45. The van der Waals surface area contributed by atoms with E-state index in [1.807, 2.05) is 0 Å². The molecule has 0 amide bonds. The van der Waals surface area contributed by atoms with Crippen molar-refractivity contribution in [2.75, 3.05) is 39.6 Å². The van der Waals surface area contributed by atoms with E-state index < -0.39 is 97.5 Å². The molecular weight excluding hydrogens is 1230 g/mol. The highest BCUT2D eigenvalue weighted by molar-refractivity contribution is 7.47. The van der Waals surface area contributed by atoms with Gasteiger partial charge >= 0.3 is 39.5 Å². The maximum Gasteiger partial charge on any atom is 0.472 e. The van der Waals surface area contributed by atoms with E-state index in [1.54, 1.807) is 0 Å². The molecule has 3 N–H and O–H groups in total. The van der Waals surface area contributed by atoms with E-state index in [9.17, 15) is 43.2 Å². The van der Waals surface area contributed by atoms with E-state index in [-0.39, 0.29) is 25.7 Å². The molecule has 0 aliphatic carbocycles. The second-order valence-electron chi connectivity index (χ2n) is 28.2. The minimum absolute atomic E-state index is 0.103. The number of aliphatic hydroxyl groups excluding tert-OH is 1. The maximum absolute atomic E-state index is 13.1. The molecule has 19 heteroatoms. The number of hydrogen-bond acceptors (Lipinski definition) is 15. The van der Waals surface area contributed by atoms with Gasteiger partial charge in [-0.15, -0.1) is 0 Å². The smallest absolute Gasteiger partial charge is 0.462 e. The first-order chi connectivity index (χ1) is 45.3. The topological polar surface area (TPSA) is 237 Å². The van der Waals surface area contributed by atoms with Gasteiger partial charge in [-0.3, -0.25) is 37.3 Å². The number of hydrogen-bond donors (Lipinski definition) is 3. The third-order valence-corrected chi connectivity index (χ3v) is 19.6. The van der Waals surface area contributed by atoms with Crippen LogP contribution < -0.4 is 0 Å². The van der Waals surface area contributed by atoms with Crippen LogP contribution in [0.4, 0.5) is 0 Å². The Hall–Kier alpha value is -1.94. The van der Waals surface area contributed by atoms with Crippen molar-refractivity contribution in [3.8, 4) is 0 Å². The SMILES string of the molecule is CCCCCCCCCC(=O)OC[C@H](COP(=O)(O)OC[C@H](O)COP(=O)(O)OC[C@@H](COC(=O)CCCCCCCCCCCCCCC(C)C)OC(=O)CCCCCCCCCCCCCCCCCCCCC(C)CC)OC(=O)CCCCCCCCCC(C)C. The van der Waals surface area contributed by atoms with Crippen LogP contribution in [0.5, 0.6) is 0 Å². The lowest BCUT2D eigenvalue weighted by Crippen LogP contribution is -2.30. The fourth-order valence-corrected chi connectivity index (χ4v) is 13.0. The molecule has 0 rings (SSSR count). The summed E-state index contributed by atoms with van der Waals surface area (Å²) >= 11 is 0. The fourth-order valence-electron chi connectivity index (χ4n) is 11.4. The van der Waals surface area contributed by atoms with Crippen LogP contribution >= 0.6 is 15.6 Å². The fraction of sp³-hybridized carbons (Fsp3) is 0.947. The van der Waals surface area contributed by atoms with Gasteiger partial charge in [0, 0.05) is 25.7 Å². The molecule has 0 aromatic rings. The molecular formula is C75H146O17P2. The standard InChI is InChI=1S/C75H146O17P2/c1-8-10-11-12-32-42-49-56-72(77)85-62-70(92-75(80)59-52-45-38-31-34-40-47-54-67(5)6)64-89-93(81,82)87-60-69(76)61-88-94(83,84)90-65-71(63-86-73(78)57-50-43-36-29-25-22-21-23-27-33-39-46-53-66(3)4)91-74(79)58-51-44-37-30-26-20-18-16-14-13-15-17-19-24-28-35-41-48-55-68(7)9-2/h66-71,76H,8-65H2,1-7H3,(H,81,82)(H,83,84)/t68?,69-,70+,71+/m0/s1. The summed E-state index contributed by atoms with van der Waals surface area (Å²) in [5.74, 6) is 0.222. The van der Waals surface area contributed by atoms with E-state index in [0.717, 1.165) is 115 Å². The predicted molar refractivity (Wildman–Crippen MR) is 381 cm³/mol. The Bertz CT molecular complexity index is 1840. The number of carbonyl (C=O) groups is 4. The van der Waals surface area contributed by atoms with Crippen LogP contribution in [0.25, 0.3) is 0 Å². The number of aliphatic hydroxyl groups is 1. The van der Waals surface area contributed by atoms with Crippen LogP contribution in [0, 0.1) is 17.8 Å². The van der Waals surface area contributed by atoms with Crippen molar-refractivity contribution in [3.05, 3.63) is 0 Å². The van der Waals surface area contributed by atoms with Crippen molar-refractivity contribution in [1.29, 1.82) is 0 Å². The van der Waals surface area contributed by atoms with Gasteiger partial charge in [0.1, 0.15) is 19.3 Å². The van der Waals surface area contributed by atoms with Gasteiger partial charge in [-0.1, -0.05) is 331 Å². The van der Waals surface area contributed by atoms with Gasteiger partial charge in [-0.2, -0.15) is 0 Å². The molecule has 0 fully saturated rings. The van der Waals surface area contributed by atoms with Crippen molar-refractivity contribution >= 4 is 39.5 Å². The van der Waals surface area contributed by atoms with Gasteiger partial charge in [-0.05, 0) is 43.4 Å². The molecule has 0 saturated carbocycles. The molecule has 0 aromatic carbocycles. The van der Waals surface area contributed by atoms with Gasteiger partial charge < -0.3 is 33.8 Å². The molecule has 0 aliphatic rings. The minimum atomic E-state index is -4.96. The minimum Gasteiger partial charge on any atom is -0.462 e. The normalized spacial score (nSPS) is 14.4. The summed E-state index contributed by atoms with van der Waals surface area (Å²) in [6, 6.07) is 0. The predicted octanol–water partition coefficient (Wildman–Crippen LogP) is 21.8. The Morgan fingerprint density at radius 3 is 0.809 bits per heavy atom. The van der Waals surface area contributed by atoms with E-state index in [2.05, 4.69) is 48.5 Å². The van der Waals surface area contributed by atoms with Crippen molar-refractivity contribution < 1.29 is 80.2 Å². The largest absolute Gasteiger partial charge is 0.472 e. The number of rotatable bonds is 73. The lowest BCUT2D eigenvalue weighted by molar-refractivity contribution is -0.161. The molecule has 0 heterocycles. The van der Waals surface area contributed by atoms with Gasteiger partial charge in [0.15, 0.2) is 12.2 Å². The molecule has 94 heavy (non-hydrogen) atoms. The number of unbranched alkanes of at least 4 members (excludes halogenated alkanes) is 40. The molecule has 6 atom stereocenters. The first kappa shape index (κ1) is 92.1. The van der Waals surface area contributed by atoms with Gasteiger partial charge in [0.2, 0.25) is 0 Å². The Balaban J connectivity index is 5.15. The molecule has 3 unspecified atom stereocenters. The van der Waals surface area contributed by atoms with Crippen LogP contribution in [0.1, 0.15) is 382 Å². The van der Waals surface area contributed by atoms with Crippen LogP contribution in [-0.2, 0) is 65.4 Å². The quantitative estimate of drug-likeness (QED) is 0.0222. The summed E-state index contributed by atoms with van der Waals surface area (Å²) < 4.78 is 68.3. The monoisotopic (exact) mass is 1380 g/mol. The summed E-state index contributed by atoms with van der Waals surface area (Å²) in [7, 11) is -9.90. The number of phosphoric ester groups is 2. The lowest BCUT2D eigenvalue weighted by atomic mass is 9.99. The Morgan fingerprint density at radius 2 is 0.543 bits per heavy atom. The molecule has 0 saturated heterocycles. The van der Waals surface area contributed by atoms with Crippen LogP contribution in [0.15, 0.2) is 0 Å². The number of carbonyl (C=O) groups excluding carboxylic acids is 4. The van der Waals surface area contributed by atoms with Gasteiger partial charge in [0.05, 0.1) is 26.4 Å². The van der Waals surface area contributed by atoms with E-state index in [0.29, 0.717) is 31.6 Å². The molecule has 17 nitrogen and oxygen atoms in total. The molecule has 0 aliphatic heterocycles. The van der Waals surface area contributed by atoms with Crippen LogP contribution in [0.2, 0.25) is 0 Å². The van der Waals surface area contributed by atoms with E-state index >= 15 is 0 Å². The van der Waals surface area contributed by atoms with Crippen molar-refractivity contribution in [1.82, 2.24) is 0 Å². The zero-order valence-corrected chi connectivity index (χ0v) is 63.2.